The molecule has 1 saturated heterocycles. The van der Waals surface area contributed by atoms with Crippen molar-refractivity contribution in [3.63, 3.8) is 0 Å². The number of nitrogens with zero attached hydrogens (tertiary/aromatic N) is 1. The molecule has 0 radical (unpaired) electrons. The van der Waals surface area contributed by atoms with Gasteiger partial charge in [-0.3, -0.25) is 4.79 Å². The average molecular weight is 336 g/mol. The Morgan fingerprint density at radius 2 is 2.08 bits per heavy atom. The van der Waals surface area contributed by atoms with Crippen molar-refractivity contribution in [3.05, 3.63) is 35.4 Å². The van der Waals surface area contributed by atoms with Crippen molar-refractivity contribution in [2.45, 2.75) is 51.6 Å². The number of hydrogen-bond donors (Lipinski definition) is 1. The molecule has 2 aliphatic rings. The number of piperidine rings is 1. The van der Waals surface area contributed by atoms with Crippen molar-refractivity contribution in [2.24, 2.45) is 11.8 Å². The van der Waals surface area contributed by atoms with Crippen LogP contribution < -0.4 is 5.32 Å². The van der Waals surface area contributed by atoms with Crippen molar-refractivity contribution < 1.29 is 13.6 Å². The van der Waals surface area contributed by atoms with Crippen LogP contribution in [0.2, 0.25) is 0 Å². The summed E-state index contributed by atoms with van der Waals surface area (Å²) >= 11 is 0. The van der Waals surface area contributed by atoms with Gasteiger partial charge >= 0.3 is 0 Å². The standard InChI is InChI=1S/C19H26F2N2O/c1-3-13-11-23(19(24)14-4-5-14)9-8-18(13)22-12(2)16-7-6-15(20)10-17(16)21/h6-7,10,12-14,18,22H,3-5,8-9,11H2,1-2H3/t12-,13+,18+/m0/s1. The second-order valence-corrected chi connectivity index (χ2v) is 7.18. The first-order valence-corrected chi connectivity index (χ1v) is 8.99. The maximum absolute atomic E-state index is 14.0. The Morgan fingerprint density at radius 3 is 2.71 bits per heavy atom. The number of likely N-dealkylation sites (tertiary alicyclic amines) is 1. The van der Waals surface area contributed by atoms with E-state index in [9.17, 15) is 13.6 Å². The van der Waals surface area contributed by atoms with Gasteiger partial charge in [-0.25, -0.2) is 8.78 Å². The molecular weight excluding hydrogens is 310 g/mol. The van der Waals surface area contributed by atoms with Crippen LogP contribution >= 0.6 is 0 Å². The van der Waals surface area contributed by atoms with Gasteiger partial charge in [-0.15, -0.1) is 0 Å². The third-order valence-corrected chi connectivity index (χ3v) is 5.39. The average Bonchev–Trinajstić information content (AvgIpc) is 3.39. The summed E-state index contributed by atoms with van der Waals surface area (Å²) in [5.74, 6) is -0.123. The molecule has 2 fully saturated rings. The number of amides is 1. The number of halogens is 2. The third kappa shape index (κ3) is 3.77. The molecular formula is C19H26F2N2O. The highest BCUT2D eigenvalue weighted by Crippen LogP contribution is 2.33. The summed E-state index contributed by atoms with van der Waals surface area (Å²) in [5, 5.41) is 3.50. The van der Waals surface area contributed by atoms with Crippen LogP contribution in [0.25, 0.3) is 0 Å². The number of rotatable bonds is 5. The smallest absolute Gasteiger partial charge is 0.225 e. The first-order valence-electron chi connectivity index (χ1n) is 8.99. The second-order valence-electron chi connectivity index (χ2n) is 7.18. The van der Waals surface area contributed by atoms with Gasteiger partial charge in [-0.2, -0.15) is 0 Å². The summed E-state index contributed by atoms with van der Waals surface area (Å²) in [6.45, 7) is 5.59. The Balaban J connectivity index is 1.62. The van der Waals surface area contributed by atoms with Crippen LogP contribution in [0.4, 0.5) is 8.78 Å². The minimum Gasteiger partial charge on any atom is -0.342 e. The molecule has 0 unspecified atom stereocenters. The zero-order valence-electron chi connectivity index (χ0n) is 14.4. The summed E-state index contributed by atoms with van der Waals surface area (Å²) in [4.78, 5) is 14.3. The Hall–Kier alpha value is -1.49. The van der Waals surface area contributed by atoms with Crippen molar-refractivity contribution in [2.75, 3.05) is 13.1 Å². The lowest BCUT2D eigenvalue weighted by Crippen LogP contribution is -2.51. The predicted molar refractivity (Wildman–Crippen MR) is 89.4 cm³/mol. The summed E-state index contributed by atoms with van der Waals surface area (Å²) in [6, 6.07) is 3.80. The van der Waals surface area contributed by atoms with Crippen LogP contribution in [0.1, 0.15) is 51.1 Å². The molecule has 1 amide bonds. The van der Waals surface area contributed by atoms with Gasteiger partial charge in [0.05, 0.1) is 0 Å². The van der Waals surface area contributed by atoms with Crippen LogP contribution in [-0.2, 0) is 4.79 Å². The second kappa shape index (κ2) is 7.18. The number of hydrogen-bond acceptors (Lipinski definition) is 2. The lowest BCUT2D eigenvalue weighted by atomic mass is 9.88. The molecule has 1 saturated carbocycles. The highest BCUT2D eigenvalue weighted by Gasteiger charge is 2.37. The van der Waals surface area contributed by atoms with E-state index >= 15 is 0 Å². The van der Waals surface area contributed by atoms with Gasteiger partial charge in [-0.05, 0) is 38.2 Å². The van der Waals surface area contributed by atoms with Crippen LogP contribution in [0.5, 0.6) is 0 Å². The molecule has 0 spiro atoms. The van der Waals surface area contributed by atoms with Gasteiger partial charge < -0.3 is 10.2 Å². The minimum absolute atomic E-state index is 0.185. The van der Waals surface area contributed by atoms with Crippen LogP contribution in [0.15, 0.2) is 18.2 Å². The van der Waals surface area contributed by atoms with E-state index in [2.05, 4.69) is 12.2 Å². The lowest BCUT2D eigenvalue weighted by molar-refractivity contribution is -0.134. The fraction of sp³-hybridized carbons (Fsp3) is 0.632. The molecule has 1 aliphatic heterocycles. The Bertz CT molecular complexity index is 603. The molecule has 24 heavy (non-hydrogen) atoms. The van der Waals surface area contributed by atoms with Gasteiger partial charge in [0, 0.05) is 42.7 Å². The molecule has 3 rings (SSSR count). The molecule has 3 nitrogen and oxygen atoms in total. The highest BCUT2D eigenvalue weighted by molar-refractivity contribution is 5.81. The highest BCUT2D eigenvalue weighted by atomic mass is 19.1. The van der Waals surface area contributed by atoms with Gasteiger partial charge in [0.25, 0.3) is 0 Å². The molecule has 1 heterocycles. The van der Waals surface area contributed by atoms with Crippen LogP contribution in [-0.4, -0.2) is 29.9 Å². The number of carbonyl (C=O) groups excluding carboxylic acids is 1. The van der Waals surface area contributed by atoms with E-state index in [0.29, 0.717) is 17.4 Å². The van der Waals surface area contributed by atoms with E-state index in [1.165, 1.54) is 12.1 Å². The zero-order valence-corrected chi connectivity index (χ0v) is 14.4. The summed E-state index contributed by atoms with van der Waals surface area (Å²) in [7, 11) is 0. The molecule has 5 heteroatoms. The summed E-state index contributed by atoms with van der Waals surface area (Å²) in [5.41, 5.74) is 0.489. The van der Waals surface area contributed by atoms with E-state index in [4.69, 9.17) is 0 Å². The summed E-state index contributed by atoms with van der Waals surface area (Å²) < 4.78 is 27.0. The van der Waals surface area contributed by atoms with Crippen LogP contribution in [0.3, 0.4) is 0 Å². The van der Waals surface area contributed by atoms with E-state index < -0.39 is 11.6 Å². The molecule has 1 aromatic rings. The largest absolute Gasteiger partial charge is 0.342 e. The van der Waals surface area contributed by atoms with E-state index in [-0.39, 0.29) is 18.0 Å². The van der Waals surface area contributed by atoms with E-state index in [0.717, 1.165) is 44.8 Å². The van der Waals surface area contributed by atoms with Gasteiger partial charge in [-0.1, -0.05) is 19.4 Å². The maximum Gasteiger partial charge on any atom is 0.225 e. The first kappa shape index (κ1) is 17.3. The maximum atomic E-state index is 14.0. The predicted octanol–water partition coefficient (Wildman–Crippen LogP) is 3.65. The monoisotopic (exact) mass is 336 g/mol. The molecule has 3 atom stereocenters. The van der Waals surface area contributed by atoms with Gasteiger partial charge in [0.15, 0.2) is 0 Å². The molecule has 1 N–H and O–H groups in total. The number of benzene rings is 1. The lowest BCUT2D eigenvalue weighted by Gasteiger charge is -2.40. The number of nitrogens with one attached hydrogen (secondary N) is 1. The van der Waals surface area contributed by atoms with Crippen molar-refractivity contribution in [1.29, 1.82) is 0 Å². The zero-order chi connectivity index (χ0) is 17.3. The third-order valence-electron chi connectivity index (χ3n) is 5.39. The molecule has 0 aromatic heterocycles. The topological polar surface area (TPSA) is 32.3 Å². The van der Waals surface area contributed by atoms with Gasteiger partial charge in [0.1, 0.15) is 11.6 Å². The molecule has 132 valence electrons. The first-order chi connectivity index (χ1) is 11.5. The van der Waals surface area contributed by atoms with Crippen molar-refractivity contribution in [1.82, 2.24) is 10.2 Å². The van der Waals surface area contributed by atoms with Gasteiger partial charge in [0.2, 0.25) is 5.91 Å². The number of carbonyl (C=O) groups is 1. The normalized spacial score (nSPS) is 25.6. The fourth-order valence-electron chi connectivity index (χ4n) is 3.72. The Kier molecular flexibility index (Phi) is 5.18. The molecule has 1 aliphatic carbocycles. The minimum atomic E-state index is -0.554. The van der Waals surface area contributed by atoms with Crippen LogP contribution in [0, 0.1) is 23.5 Å². The quantitative estimate of drug-likeness (QED) is 0.890. The van der Waals surface area contributed by atoms with Crippen molar-refractivity contribution in [3.8, 4) is 0 Å². The fourth-order valence-corrected chi connectivity index (χ4v) is 3.72. The Morgan fingerprint density at radius 1 is 1.33 bits per heavy atom. The summed E-state index contributed by atoms with van der Waals surface area (Å²) in [6.07, 6.45) is 3.93. The SMILES string of the molecule is CC[C@@H]1CN(C(=O)C2CC2)CC[C@H]1N[C@@H](C)c1ccc(F)cc1F. The van der Waals surface area contributed by atoms with Crippen molar-refractivity contribution >= 4 is 5.91 Å². The van der Waals surface area contributed by atoms with E-state index in [1.807, 2.05) is 11.8 Å². The Labute approximate surface area is 142 Å². The van der Waals surface area contributed by atoms with E-state index in [1.54, 1.807) is 0 Å². The molecule has 1 aromatic carbocycles. The molecule has 0 bridgehead atoms.